The van der Waals surface area contributed by atoms with Crippen molar-refractivity contribution in [1.82, 2.24) is 14.9 Å². The number of carbonyl (C=O) groups excluding carboxylic acids is 1. The predicted octanol–water partition coefficient (Wildman–Crippen LogP) is 3.87. The number of nitrogens with one attached hydrogen (secondary N) is 2. The van der Waals surface area contributed by atoms with Gasteiger partial charge in [0.15, 0.2) is 5.82 Å². The number of primary amides is 1. The van der Waals surface area contributed by atoms with E-state index < -0.39 is 5.91 Å². The van der Waals surface area contributed by atoms with Crippen molar-refractivity contribution in [2.45, 2.75) is 6.92 Å². The number of nitrogens with two attached hydrogens (primary N) is 1. The summed E-state index contributed by atoms with van der Waals surface area (Å²) in [6, 6.07) is 12.9. The van der Waals surface area contributed by atoms with Gasteiger partial charge in [-0.2, -0.15) is 4.98 Å². The molecule has 0 radical (unpaired) electrons. The monoisotopic (exact) mass is 481 g/mol. The van der Waals surface area contributed by atoms with E-state index in [1.807, 2.05) is 12.1 Å². The quantitative estimate of drug-likeness (QED) is 0.445. The third-order valence-corrected chi connectivity index (χ3v) is 6.08. The lowest BCUT2D eigenvalue weighted by molar-refractivity contribution is 0.100. The zero-order valence-electron chi connectivity index (χ0n) is 19.2. The first kappa shape index (κ1) is 23.6. The average molecular weight is 482 g/mol. The molecule has 4 rings (SSSR count). The molecule has 1 fully saturated rings. The number of hydrogen-bond donors (Lipinski definition) is 3. The molecule has 1 aromatic heterocycles. The third kappa shape index (κ3) is 5.32. The van der Waals surface area contributed by atoms with Gasteiger partial charge < -0.3 is 30.9 Å². The molecule has 1 aliphatic heterocycles. The molecule has 9 nitrogen and oxygen atoms in total. The lowest BCUT2D eigenvalue weighted by Crippen LogP contribution is -2.46. The van der Waals surface area contributed by atoms with Crippen molar-refractivity contribution in [3.05, 3.63) is 59.2 Å². The van der Waals surface area contributed by atoms with Gasteiger partial charge in [0.05, 0.1) is 30.2 Å². The topological polar surface area (TPSA) is 109 Å². The minimum atomic E-state index is -0.549. The average Bonchev–Trinajstić information content (AvgIpc) is 2.86. The predicted molar refractivity (Wildman–Crippen MR) is 136 cm³/mol. The number of carbonyl (C=O) groups is 1. The number of likely N-dealkylation sites (N-methyl/N-ethyl adjacent to an activating group) is 1. The summed E-state index contributed by atoms with van der Waals surface area (Å²) in [5, 5.41) is 6.57. The number of benzene rings is 2. The number of anilines is 5. The summed E-state index contributed by atoms with van der Waals surface area (Å²) in [5.41, 5.74) is 8.15. The summed E-state index contributed by atoms with van der Waals surface area (Å²) >= 11 is 6.30. The maximum Gasteiger partial charge on any atom is 0.250 e. The van der Waals surface area contributed by atoms with Crippen molar-refractivity contribution in [2.75, 3.05) is 55.4 Å². The van der Waals surface area contributed by atoms with Crippen molar-refractivity contribution in [1.29, 1.82) is 0 Å². The second-order valence-corrected chi connectivity index (χ2v) is 8.26. The minimum absolute atomic E-state index is 0.304. The van der Waals surface area contributed by atoms with Gasteiger partial charge in [-0.05, 0) is 30.8 Å². The van der Waals surface area contributed by atoms with Gasteiger partial charge in [-0.25, -0.2) is 4.98 Å². The van der Waals surface area contributed by atoms with E-state index in [2.05, 4.69) is 43.4 Å². The summed E-state index contributed by atoms with van der Waals surface area (Å²) in [6.07, 6.45) is 1.49. The smallest absolute Gasteiger partial charge is 0.250 e. The number of amides is 1. The van der Waals surface area contributed by atoms with Crippen molar-refractivity contribution in [2.24, 2.45) is 5.73 Å². The van der Waals surface area contributed by atoms with Crippen molar-refractivity contribution < 1.29 is 9.53 Å². The zero-order chi connectivity index (χ0) is 24.1. The molecule has 0 saturated carbocycles. The number of methoxy groups -OCH3 is 1. The number of para-hydroxylation sites is 1. The van der Waals surface area contributed by atoms with Gasteiger partial charge >= 0.3 is 0 Å². The Morgan fingerprint density at radius 2 is 1.88 bits per heavy atom. The van der Waals surface area contributed by atoms with Crippen LogP contribution >= 0.6 is 11.6 Å². The van der Waals surface area contributed by atoms with Crippen LogP contribution in [0.25, 0.3) is 0 Å². The van der Waals surface area contributed by atoms with E-state index in [1.165, 1.54) is 6.20 Å². The Kier molecular flexibility index (Phi) is 7.34. The first-order valence-electron chi connectivity index (χ1n) is 11.1. The van der Waals surface area contributed by atoms with Crippen LogP contribution in [0.4, 0.5) is 28.8 Å². The Morgan fingerprint density at radius 3 is 2.59 bits per heavy atom. The molecule has 10 heteroatoms. The first-order valence-corrected chi connectivity index (χ1v) is 11.5. The molecular formula is C24H28ClN7O2. The van der Waals surface area contributed by atoms with Gasteiger partial charge in [0, 0.05) is 37.9 Å². The van der Waals surface area contributed by atoms with Crippen molar-refractivity contribution >= 4 is 46.3 Å². The summed E-state index contributed by atoms with van der Waals surface area (Å²) in [5.74, 6) is 0.804. The Labute approximate surface area is 203 Å². The molecule has 2 heterocycles. The SMILES string of the molecule is CCN1CCN(c2ccc(Nc3ncc(Cl)c(Nc4ccccc4C(N)=O)n3)c(OC)c2)CC1. The summed E-state index contributed by atoms with van der Waals surface area (Å²) in [6.45, 7) is 7.32. The standard InChI is InChI=1S/C24H28ClN7O2/c1-3-31-10-12-32(13-11-31)16-8-9-20(21(14-16)34-2)29-24-27-15-18(25)23(30-24)28-19-7-5-4-6-17(19)22(26)33/h4-9,14-15H,3,10-13H2,1-2H3,(H2,26,33)(H2,27,28,29,30). The zero-order valence-corrected chi connectivity index (χ0v) is 20.0. The molecule has 4 N–H and O–H groups in total. The normalized spacial score (nSPS) is 14.0. The number of hydrogen-bond acceptors (Lipinski definition) is 8. The largest absolute Gasteiger partial charge is 0.494 e. The van der Waals surface area contributed by atoms with Gasteiger partial charge in [0.2, 0.25) is 5.95 Å². The van der Waals surface area contributed by atoms with Gasteiger partial charge in [-0.15, -0.1) is 0 Å². The van der Waals surface area contributed by atoms with Gasteiger partial charge in [-0.3, -0.25) is 4.79 Å². The Balaban J connectivity index is 1.53. The van der Waals surface area contributed by atoms with Gasteiger partial charge in [0.25, 0.3) is 5.91 Å². The van der Waals surface area contributed by atoms with Crippen LogP contribution in [0, 0.1) is 0 Å². The number of rotatable bonds is 8. The molecule has 34 heavy (non-hydrogen) atoms. The number of aromatic nitrogens is 2. The minimum Gasteiger partial charge on any atom is -0.494 e. The molecule has 1 amide bonds. The van der Waals surface area contributed by atoms with E-state index in [0.717, 1.165) is 44.1 Å². The molecule has 0 bridgehead atoms. The summed E-state index contributed by atoms with van der Waals surface area (Å²) < 4.78 is 5.63. The van der Waals surface area contributed by atoms with Gasteiger partial charge in [-0.1, -0.05) is 30.7 Å². The van der Waals surface area contributed by atoms with Crippen LogP contribution in [0.1, 0.15) is 17.3 Å². The molecule has 0 unspecified atom stereocenters. The van der Waals surface area contributed by atoms with Crippen LogP contribution in [0.5, 0.6) is 5.75 Å². The molecule has 0 aliphatic carbocycles. The van der Waals surface area contributed by atoms with E-state index in [-0.39, 0.29) is 0 Å². The molecule has 1 saturated heterocycles. The second-order valence-electron chi connectivity index (χ2n) is 7.86. The van der Waals surface area contributed by atoms with Crippen LogP contribution in [-0.2, 0) is 0 Å². The molecule has 0 spiro atoms. The molecule has 0 atom stereocenters. The Morgan fingerprint density at radius 1 is 1.12 bits per heavy atom. The van der Waals surface area contributed by atoms with E-state index >= 15 is 0 Å². The summed E-state index contributed by atoms with van der Waals surface area (Å²) in [7, 11) is 1.63. The fourth-order valence-electron chi connectivity index (χ4n) is 3.87. The van der Waals surface area contributed by atoms with Crippen LogP contribution in [0.15, 0.2) is 48.7 Å². The molecule has 2 aromatic carbocycles. The fraction of sp³-hybridized carbons (Fsp3) is 0.292. The maximum absolute atomic E-state index is 11.7. The third-order valence-electron chi connectivity index (χ3n) is 5.81. The molecule has 1 aliphatic rings. The Hall–Kier alpha value is -3.56. The van der Waals surface area contributed by atoms with Crippen molar-refractivity contribution in [3.8, 4) is 5.75 Å². The maximum atomic E-state index is 11.7. The summed E-state index contributed by atoms with van der Waals surface area (Å²) in [4.78, 5) is 25.3. The number of ether oxygens (including phenoxy) is 1. The highest BCUT2D eigenvalue weighted by atomic mass is 35.5. The number of nitrogens with zero attached hydrogens (tertiary/aromatic N) is 4. The highest BCUT2D eigenvalue weighted by molar-refractivity contribution is 6.33. The Bertz CT molecular complexity index is 1170. The molecular weight excluding hydrogens is 454 g/mol. The fourth-order valence-corrected chi connectivity index (χ4v) is 4.01. The van der Waals surface area contributed by atoms with E-state index in [1.54, 1.807) is 31.4 Å². The number of piperazine rings is 1. The van der Waals surface area contributed by atoms with Crippen molar-refractivity contribution in [3.63, 3.8) is 0 Å². The van der Waals surface area contributed by atoms with Crippen LogP contribution < -0.4 is 26.0 Å². The molecule has 178 valence electrons. The highest BCUT2D eigenvalue weighted by Gasteiger charge is 2.18. The lowest BCUT2D eigenvalue weighted by Gasteiger charge is -2.35. The lowest BCUT2D eigenvalue weighted by atomic mass is 10.1. The molecule has 3 aromatic rings. The van der Waals surface area contributed by atoms with Gasteiger partial charge in [0.1, 0.15) is 10.8 Å². The highest BCUT2D eigenvalue weighted by Crippen LogP contribution is 2.33. The number of halogens is 1. The van der Waals surface area contributed by atoms with Crippen LogP contribution in [0.3, 0.4) is 0 Å². The van der Waals surface area contributed by atoms with Crippen LogP contribution in [0.2, 0.25) is 5.02 Å². The van der Waals surface area contributed by atoms with E-state index in [9.17, 15) is 4.79 Å². The van der Waals surface area contributed by atoms with Crippen LogP contribution in [-0.4, -0.2) is 60.6 Å². The van der Waals surface area contributed by atoms with E-state index in [0.29, 0.717) is 33.8 Å². The first-order chi connectivity index (χ1) is 16.5. The second kappa shape index (κ2) is 10.6. The van der Waals surface area contributed by atoms with E-state index in [4.69, 9.17) is 22.1 Å².